The van der Waals surface area contributed by atoms with Gasteiger partial charge in [0.25, 0.3) is 0 Å². The second kappa shape index (κ2) is 3.56. The summed E-state index contributed by atoms with van der Waals surface area (Å²) in [5, 5.41) is 9.49. The number of nitrogens with zero attached hydrogens (tertiary/aromatic N) is 1. The van der Waals surface area contributed by atoms with Crippen LogP contribution in [0, 0.1) is 16.7 Å². The molecule has 0 atom stereocenters. The summed E-state index contributed by atoms with van der Waals surface area (Å²) in [6, 6.07) is 6.80. The van der Waals surface area contributed by atoms with E-state index in [0.717, 1.165) is 16.6 Å². The second-order valence-electron chi connectivity index (χ2n) is 4.73. The molecule has 0 N–H and O–H groups in total. The van der Waals surface area contributed by atoms with Crippen LogP contribution in [0.5, 0.6) is 0 Å². The zero-order chi connectivity index (χ0) is 11.2. The zero-order valence-electron chi connectivity index (χ0n) is 8.83. The molecule has 1 aromatic heterocycles. The molecule has 0 bridgehead atoms. The van der Waals surface area contributed by atoms with E-state index in [2.05, 4.69) is 34.1 Å². The Morgan fingerprint density at radius 3 is 2.44 bits per heavy atom. The smallest absolute Gasteiger partial charge is 0.0723 e. The van der Waals surface area contributed by atoms with E-state index in [-0.39, 0.29) is 10.8 Å². The molecule has 1 aliphatic carbocycles. The van der Waals surface area contributed by atoms with E-state index in [9.17, 15) is 5.26 Å². The van der Waals surface area contributed by atoms with Crippen LogP contribution < -0.4 is 0 Å². The van der Waals surface area contributed by atoms with Gasteiger partial charge in [-0.25, -0.2) is 0 Å². The van der Waals surface area contributed by atoms with Crippen molar-refractivity contribution in [3.63, 3.8) is 0 Å². The molecule has 1 aliphatic heterocycles. The molecule has 2 heterocycles. The van der Waals surface area contributed by atoms with E-state index >= 15 is 0 Å². The van der Waals surface area contributed by atoms with Crippen molar-refractivity contribution in [2.24, 2.45) is 5.41 Å². The Labute approximate surface area is 107 Å². The van der Waals surface area contributed by atoms with Crippen molar-refractivity contribution in [2.45, 2.75) is 24.7 Å². The van der Waals surface area contributed by atoms with Crippen LogP contribution in [-0.4, -0.2) is 13.2 Å². The molecule has 0 aromatic carbocycles. The molecule has 0 spiro atoms. The summed E-state index contributed by atoms with van der Waals surface area (Å²) in [6.45, 7) is 1.43. The normalized spacial score (nSPS) is 25.2. The minimum absolute atomic E-state index is 0.0172. The van der Waals surface area contributed by atoms with Crippen molar-refractivity contribution in [3.05, 3.63) is 20.8 Å². The van der Waals surface area contributed by atoms with Gasteiger partial charge in [-0.2, -0.15) is 5.26 Å². The van der Waals surface area contributed by atoms with Gasteiger partial charge in [-0.15, -0.1) is 11.3 Å². The van der Waals surface area contributed by atoms with Crippen LogP contribution in [0.25, 0.3) is 0 Å². The van der Waals surface area contributed by atoms with Gasteiger partial charge < -0.3 is 4.74 Å². The van der Waals surface area contributed by atoms with Crippen molar-refractivity contribution >= 4 is 27.3 Å². The number of halogens is 1. The van der Waals surface area contributed by atoms with Crippen LogP contribution in [0.3, 0.4) is 0 Å². The molecule has 84 valence electrons. The number of hydrogen-bond acceptors (Lipinski definition) is 3. The molecule has 0 unspecified atom stereocenters. The average Bonchev–Trinajstić information content (AvgIpc) is 2.55. The first-order valence-corrected chi connectivity index (χ1v) is 7.08. The third-order valence-electron chi connectivity index (χ3n) is 4.08. The minimum Gasteiger partial charge on any atom is -0.379 e. The Hall–Kier alpha value is -0.370. The summed E-state index contributed by atoms with van der Waals surface area (Å²) in [5.74, 6) is 0. The number of rotatable bonds is 2. The third-order valence-corrected chi connectivity index (χ3v) is 5.91. The Bertz CT molecular complexity index is 454. The van der Waals surface area contributed by atoms with Crippen LogP contribution in [0.2, 0.25) is 0 Å². The summed E-state index contributed by atoms with van der Waals surface area (Å²) in [6.07, 6.45) is 3.24. The number of hydrogen-bond donors (Lipinski definition) is 0. The van der Waals surface area contributed by atoms with E-state index in [1.807, 2.05) is 0 Å². The van der Waals surface area contributed by atoms with Gasteiger partial charge in [-0.1, -0.05) is 6.42 Å². The van der Waals surface area contributed by atoms with E-state index in [0.29, 0.717) is 13.2 Å². The number of ether oxygens (including phenoxy) is 1. The highest BCUT2D eigenvalue weighted by molar-refractivity contribution is 9.11. The fraction of sp³-hybridized carbons (Fsp3) is 0.583. The molecule has 0 amide bonds. The van der Waals surface area contributed by atoms with Crippen molar-refractivity contribution in [1.82, 2.24) is 0 Å². The third kappa shape index (κ3) is 1.20. The molecular formula is C12H12BrNOS. The van der Waals surface area contributed by atoms with Gasteiger partial charge in [-0.05, 0) is 40.9 Å². The van der Waals surface area contributed by atoms with E-state index in [4.69, 9.17) is 4.74 Å². The Balaban J connectivity index is 2.04. The first kappa shape index (κ1) is 10.8. The molecule has 1 saturated heterocycles. The van der Waals surface area contributed by atoms with Gasteiger partial charge in [-0.3, -0.25) is 0 Å². The molecule has 16 heavy (non-hydrogen) atoms. The molecule has 3 rings (SSSR count). The maximum Gasteiger partial charge on any atom is 0.0723 e. The van der Waals surface area contributed by atoms with Gasteiger partial charge in [0, 0.05) is 4.88 Å². The molecule has 2 aliphatic rings. The van der Waals surface area contributed by atoms with E-state index < -0.39 is 0 Å². The SMILES string of the molecule is N#CC1(C2(c3ccc(Br)s3)COC2)CCC1. The lowest BCUT2D eigenvalue weighted by atomic mass is 9.52. The Morgan fingerprint density at radius 1 is 1.38 bits per heavy atom. The topological polar surface area (TPSA) is 33.0 Å². The maximum atomic E-state index is 9.49. The highest BCUT2D eigenvalue weighted by Gasteiger charge is 2.61. The molecule has 1 aromatic rings. The van der Waals surface area contributed by atoms with Crippen LogP contribution in [0.15, 0.2) is 15.9 Å². The lowest BCUT2D eigenvalue weighted by Crippen LogP contribution is -2.60. The predicted molar refractivity (Wildman–Crippen MR) is 66.4 cm³/mol. The molecular weight excluding hydrogens is 286 g/mol. The summed E-state index contributed by atoms with van der Waals surface area (Å²) in [7, 11) is 0. The maximum absolute atomic E-state index is 9.49. The van der Waals surface area contributed by atoms with Crippen LogP contribution >= 0.6 is 27.3 Å². The lowest BCUT2D eigenvalue weighted by molar-refractivity contribution is -0.133. The van der Waals surface area contributed by atoms with Gasteiger partial charge in [0.2, 0.25) is 0 Å². The summed E-state index contributed by atoms with van der Waals surface area (Å²) in [4.78, 5) is 1.31. The van der Waals surface area contributed by atoms with Crippen molar-refractivity contribution in [3.8, 4) is 6.07 Å². The van der Waals surface area contributed by atoms with Gasteiger partial charge in [0.15, 0.2) is 0 Å². The Morgan fingerprint density at radius 2 is 2.12 bits per heavy atom. The summed E-state index contributed by atoms with van der Waals surface area (Å²) < 4.78 is 6.57. The fourth-order valence-corrected chi connectivity index (χ4v) is 4.41. The summed E-state index contributed by atoms with van der Waals surface area (Å²) >= 11 is 5.25. The minimum atomic E-state index is -0.157. The highest BCUT2D eigenvalue weighted by atomic mass is 79.9. The van der Waals surface area contributed by atoms with Gasteiger partial charge in [0.1, 0.15) is 0 Å². The quantitative estimate of drug-likeness (QED) is 0.837. The van der Waals surface area contributed by atoms with Gasteiger partial charge >= 0.3 is 0 Å². The molecule has 1 saturated carbocycles. The molecule has 0 radical (unpaired) electrons. The fourth-order valence-electron chi connectivity index (χ4n) is 2.76. The zero-order valence-corrected chi connectivity index (χ0v) is 11.2. The van der Waals surface area contributed by atoms with Gasteiger partial charge in [0.05, 0.1) is 33.9 Å². The number of nitriles is 1. The van der Waals surface area contributed by atoms with Crippen LogP contribution in [-0.2, 0) is 10.2 Å². The molecule has 2 nitrogen and oxygen atoms in total. The monoisotopic (exact) mass is 297 g/mol. The van der Waals surface area contributed by atoms with Crippen molar-refractivity contribution < 1.29 is 4.74 Å². The summed E-state index contributed by atoms with van der Waals surface area (Å²) in [5.41, 5.74) is -0.174. The van der Waals surface area contributed by atoms with Crippen molar-refractivity contribution in [2.75, 3.05) is 13.2 Å². The van der Waals surface area contributed by atoms with E-state index in [1.165, 1.54) is 11.3 Å². The second-order valence-corrected chi connectivity index (χ2v) is 7.19. The molecule has 4 heteroatoms. The van der Waals surface area contributed by atoms with Crippen LogP contribution in [0.1, 0.15) is 24.1 Å². The molecule has 2 fully saturated rings. The van der Waals surface area contributed by atoms with Crippen molar-refractivity contribution in [1.29, 1.82) is 5.26 Å². The largest absolute Gasteiger partial charge is 0.379 e. The van der Waals surface area contributed by atoms with E-state index in [1.54, 1.807) is 11.3 Å². The standard InChI is InChI=1S/C12H12BrNOS/c13-10-3-2-9(16-10)12(7-15-8-12)11(6-14)4-1-5-11/h2-3H,1,4-5,7-8H2. The predicted octanol–water partition coefficient (Wildman–Crippen LogP) is 3.47. The number of thiophene rings is 1. The first-order chi connectivity index (χ1) is 7.72. The lowest BCUT2D eigenvalue weighted by Gasteiger charge is -2.55. The van der Waals surface area contributed by atoms with Crippen LogP contribution in [0.4, 0.5) is 0 Å². The first-order valence-electron chi connectivity index (χ1n) is 5.47. The highest BCUT2D eigenvalue weighted by Crippen LogP contribution is 2.59. The Kier molecular flexibility index (Phi) is 2.39. The average molecular weight is 298 g/mol.